The zero-order chi connectivity index (χ0) is 2.71. The van der Waals surface area contributed by atoms with E-state index in [4.69, 9.17) is 8.42 Å². The summed E-state index contributed by atoms with van der Waals surface area (Å²) in [6.07, 6.45) is 0. The van der Waals surface area contributed by atoms with Gasteiger partial charge in [-0.2, -0.15) is 8.42 Å². The maximum Gasteiger partial charge on any atom is 0.335 e. The molecule has 0 fully saturated rings. The van der Waals surface area contributed by atoms with E-state index in [1.165, 1.54) is 0 Å². The van der Waals surface area contributed by atoms with Gasteiger partial charge in [0, 0.05) is 18.0 Å². The standard InChI is InChI=1S/As.O2S/c;1-3-2. The Labute approximate surface area is 38.5 Å². The summed E-state index contributed by atoms with van der Waals surface area (Å²) in [6.45, 7) is 0. The largest absolute Gasteiger partial charge is 0.335 e. The molecule has 0 unspecified atom stereocenters. The molecule has 0 aromatic heterocycles. The molecule has 4 heteroatoms. The molecule has 0 aromatic rings. The average molecular weight is 139 g/mol. The topological polar surface area (TPSA) is 34.1 Å². The summed E-state index contributed by atoms with van der Waals surface area (Å²) >= 11 is -0.750. The van der Waals surface area contributed by atoms with Crippen LogP contribution in [0.25, 0.3) is 0 Å². The molecule has 0 spiro atoms. The summed E-state index contributed by atoms with van der Waals surface area (Å²) in [5.74, 6) is 0. The molecule has 0 saturated carbocycles. The van der Waals surface area contributed by atoms with Gasteiger partial charge < -0.3 is 0 Å². The van der Waals surface area contributed by atoms with Crippen molar-refractivity contribution in [2.45, 2.75) is 0 Å². The van der Waals surface area contributed by atoms with Crippen LogP contribution < -0.4 is 0 Å². The predicted octanol–water partition coefficient (Wildman–Crippen LogP) is -1.05. The molecule has 0 rings (SSSR count). The fourth-order valence-electron chi connectivity index (χ4n) is 0. The molecule has 0 N–H and O–H groups in total. The minimum absolute atomic E-state index is 0. The third-order valence-electron chi connectivity index (χ3n) is 0. The van der Waals surface area contributed by atoms with Crippen molar-refractivity contribution in [3.05, 3.63) is 0 Å². The van der Waals surface area contributed by atoms with Crippen molar-refractivity contribution in [1.82, 2.24) is 0 Å². The van der Waals surface area contributed by atoms with Gasteiger partial charge in [-0.3, -0.25) is 0 Å². The van der Waals surface area contributed by atoms with E-state index in [0.717, 1.165) is 0 Å². The van der Waals surface area contributed by atoms with Gasteiger partial charge in [0.25, 0.3) is 0 Å². The first kappa shape index (κ1) is 8.83. The Hall–Kier alpha value is 0.378. The van der Waals surface area contributed by atoms with Gasteiger partial charge in [0.1, 0.15) is 0 Å². The van der Waals surface area contributed by atoms with E-state index < -0.39 is 11.6 Å². The number of hydrogen-bond donors (Lipinski definition) is 0. The fourth-order valence-corrected chi connectivity index (χ4v) is 0. The van der Waals surface area contributed by atoms with Gasteiger partial charge in [-0.05, 0) is 0 Å². The molecule has 0 amide bonds. The summed E-state index contributed by atoms with van der Waals surface area (Å²) < 4.78 is 16.6. The van der Waals surface area contributed by atoms with Crippen LogP contribution in [0.2, 0.25) is 0 Å². The van der Waals surface area contributed by atoms with E-state index in [2.05, 4.69) is 0 Å². The van der Waals surface area contributed by atoms with Gasteiger partial charge in [-0.1, -0.05) is 0 Å². The maximum atomic E-state index is 8.29. The molecule has 3 radical (unpaired) electrons. The van der Waals surface area contributed by atoms with E-state index in [1.807, 2.05) is 0 Å². The smallest absolute Gasteiger partial charge is 0.168 e. The molecule has 0 aliphatic heterocycles. The minimum atomic E-state index is -0.750. The third-order valence-corrected chi connectivity index (χ3v) is 0. The molecule has 0 aliphatic rings. The van der Waals surface area contributed by atoms with Gasteiger partial charge in [0.05, 0.1) is 0 Å². The zero-order valence-electron chi connectivity index (χ0n) is 1.67. The van der Waals surface area contributed by atoms with Crippen molar-refractivity contribution < 1.29 is 8.42 Å². The van der Waals surface area contributed by atoms with Gasteiger partial charge in [-0.15, -0.1) is 0 Å². The quantitative estimate of drug-likeness (QED) is 0.401. The summed E-state index contributed by atoms with van der Waals surface area (Å²) in [7, 11) is 0. The van der Waals surface area contributed by atoms with Crippen molar-refractivity contribution in [1.29, 1.82) is 0 Å². The molecule has 0 aromatic carbocycles. The Bertz CT molecular complexity index is 27.0. The van der Waals surface area contributed by atoms with E-state index in [9.17, 15) is 0 Å². The van der Waals surface area contributed by atoms with Crippen LogP contribution >= 0.6 is 0 Å². The Balaban J connectivity index is 0. The van der Waals surface area contributed by atoms with E-state index in [0.29, 0.717) is 0 Å². The van der Waals surface area contributed by atoms with Crippen molar-refractivity contribution >= 4 is 29.5 Å². The minimum Gasteiger partial charge on any atom is -0.168 e. The average Bonchev–Trinajstić information content (AvgIpc) is 0.918. The Morgan fingerprint density at radius 3 is 1.25 bits per heavy atom. The SMILES string of the molecule is O=S=O.[As]. The summed E-state index contributed by atoms with van der Waals surface area (Å²) in [5, 5.41) is 0. The molecule has 0 aliphatic carbocycles. The molecular weight excluding hydrogens is 139 g/mol. The van der Waals surface area contributed by atoms with Crippen LogP contribution in [0, 0.1) is 0 Å². The van der Waals surface area contributed by atoms with E-state index in [1.54, 1.807) is 0 Å². The molecule has 23 valence electrons. The second kappa shape index (κ2) is 10.1. The van der Waals surface area contributed by atoms with Crippen LogP contribution in [0.5, 0.6) is 0 Å². The van der Waals surface area contributed by atoms with Gasteiger partial charge in [0.15, 0.2) is 0 Å². The summed E-state index contributed by atoms with van der Waals surface area (Å²) in [6, 6.07) is 0. The first-order valence-corrected chi connectivity index (χ1v) is 1.00. The molecule has 0 atom stereocenters. The molecule has 0 heterocycles. The van der Waals surface area contributed by atoms with Gasteiger partial charge >= 0.3 is 11.6 Å². The monoisotopic (exact) mass is 139 g/mol. The van der Waals surface area contributed by atoms with E-state index >= 15 is 0 Å². The van der Waals surface area contributed by atoms with Crippen molar-refractivity contribution in [3.63, 3.8) is 0 Å². The molecule has 4 heavy (non-hydrogen) atoms. The van der Waals surface area contributed by atoms with E-state index in [-0.39, 0.29) is 18.0 Å². The fraction of sp³-hybridized carbons (Fsp3) is 0. The Morgan fingerprint density at radius 2 is 1.25 bits per heavy atom. The van der Waals surface area contributed by atoms with Crippen molar-refractivity contribution in [2.24, 2.45) is 0 Å². The van der Waals surface area contributed by atoms with Gasteiger partial charge in [-0.25, -0.2) is 0 Å². The second-order valence-electron chi connectivity index (χ2n) is 0.0680. The Kier molecular flexibility index (Phi) is 22.2. The molecule has 0 bridgehead atoms. The number of hydrogen-bond acceptors (Lipinski definition) is 2. The normalized spacial score (nSPS) is 3.00. The van der Waals surface area contributed by atoms with Gasteiger partial charge in [0.2, 0.25) is 0 Å². The predicted molar refractivity (Wildman–Crippen MR) is 14.7 cm³/mol. The maximum absolute atomic E-state index is 8.29. The number of rotatable bonds is 0. The van der Waals surface area contributed by atoms with Crippen molar-refractivity contribution in [3.8, 4) is 0 Å². The third kappa shape index (κ3) is 31.6. The molecule has 2 nitrogen and oxygen atoms in total. The van der Waals surface area contributed by atoms with Crippen LogP contribution in [0.4, 0.5) is 0 Å². The second-order valence-corrected chi connectivity index (χ2v) is 0.204. The van der Waals surface area contributed by atoms with Crippen LogP contribution in [0.1, 0.15) is 0 Å². The van der Waals surface area contributed by atoms with Crippen LogP contribution in [0.3, 0.4) is 0 Å². The molecular formula is AsO2S. The first-order valence-electron chi connectivity index (χ1n) is 0.333. The summed E-state index contributed by atoms with van der Waals surface area (Å²) in [5.41, 5.74) is 0. The van der Waals surface area contributed by atoms with Crippen molar-refractivity contribution in [2.75, 3.05) is 0 Å². The van der Waals surface area contributed by atoms with Crippen LogP contribution in [-0.2, 0) is 11.6 Å². The van der Waals surface area contributed by atoms with Crippen LogP contribution in [0.15, 0.2) is 0 Å². The molecule has 0 saturated heterocycles. The Morgan fingerprint density at radius 1 is 1.25 bits per heavy atom. The zero-order valence-corrected chi connectivity index (χ0v) is 4.37. The first-order chi connectivity index (χ1) is 1.41. The summed E-state index contributed by atoms with van der Waals surface area (Å²) in [4.78, 5) is 0. The van der Waals surface area contributed by atoms with Crippen LogP contribution in [-0.4, -0.2) is 26.4 Å².